The first-order valence-electron chi connectivity index (χ1n) is 6.41. The van der Waals surface area contributed by atoms with Crippen molar-refractivity contribution in [1.29, 1.82) is 0 Å². The molecule has 6 nitrogen and oxygen atoms in total. The highest BCUT2D eigenvalue weighted by atomic mass is 16.5. The van der Waals surface area contributed by atoms with Crippen LogP contribution in [0.5, 0.6) is 5.75 Å². The van der Waals surface area contributed by atoms with E-state index in [1.54, 1.807) is 36.4 Å². The van der Waals surface area contributed by atoms with Gasteiger partial charge < -0.3 is 19.8 Å². The molecule has 2 rings (SSSR count). The highest BCUT2D eigenvalue weighted by Crippen LogP contribution is 2.16. The third-order valence-corrected chi connectivity index (χ3v) is 2.80. The lowest BCUT2D eigenvalue weighted by Gasteiger charge is -2.09. The molecule has 0 aliphatic carbocycles. The first kappa shape index (κ1) is 14.6. The van der Waals surface area contributed by atoms with Crippen LogP contribution in [0.3, 0.4) is 0 Å². The number of hydrogen-bond acceptors (Lipinski definition) is 4. The van der Waals surface area contributed by atoms with Crippen molar-refractivity contribution >= 4 is 11.8 Å². The van der Waals surface area contributed by atoms with Crippen LogP contribution < -0.4 is 15.4 Å². The fourth-order valence-corrected chi connectivity index (χ4v) is 1.75. The van der Waals surface area contributed by atoms with Gasteiger partial charge in [0.15, 0.2) is 0 Å². The van der Waals surface area contributed by atoms with Gasteiger partial charge >= 0.3 is 0 Å². The SMILES string of the molecule is COc1ccccc1C(=O)NCC(=O)NCc1ccco1. The Kier molecular flexibility index (Phi) is 4.98. The normalized spacial score (nSPS) is 9.95. The van der Waals surface area contributed by atoms with Crippen LogP contribution in [0.2, 0.25) is 0 Å². The standard InChI is InChI=1S/C15H16N2O4/c1-20-13-7-3-2-6-12(13)15(19)17-10-14(18)16-9-11-5-4-8-21-11/h2-8H,9-10H2,1H3,(H,16,18)(H,17,19). The average Bonchev–Trinajstić information content (AvgIpc) is 3.04. The summed E-state index contributed by atoms with van der Waals surface area (Å²) in [6, 6.07) is 10.3. The lowest BCUT2D eigenvalue weighted by Crippen LogP contribution is -2.36. The van der Waals surface area contributed by atoms with Gasteiger partial charge in [0, 0.05) is 0 Å². The molecule has 0 aliphatic heterocycles. The zero-order valence-corrected chi connectivity index (χ0v) is 11.6. The monoisotopic (exact) mass is 288 g/mol. The van der Waals surface area contributed by atoms with E-state index in [4.69, 9.17) is 9.15 Å². The molecule has 1 aromatic carbocycles. The minimum atomic E-state index is -0.361. The van der Waals surface area contributed by atoms with Crippen molar-refractivity contribution in [3.05, 3.63) is 54.0 Å². The Labute approximate surface area is 122 Å². The maximum atomic E-state index is 12.0. The van der Waals surface area contributed by atoms with Gasteiger partial charge in [-0.15, -0.1) is 0 Å². The molecule has 0 spiro atoms. The highest BCUT2D eigenvalue weighted by Gasteiger charge is 2.12. The van der Waals surface area contributed by atoms with Gasteiger partial charge in [0.1, 0.15) is 11.5 Å². The van der Waals surface area contributed by atoms with E-state index >= 15 is 0 Å². The molecule has 0 saturated carbocycles. The van der Waals surface area contributed by atoms with Gasteiger partial charge in [-0.1, -0.05) is 12.1 Å². The minimum absolute atomic E-state index is 0.114. The van der Waals surface area contributed by atoms with E-state index in [-0.39, 0.29) is 24.9 Å². The number of hydrogen-bond donors (Lipinski definition) is 2. The van der Waals surface area contributed by atoms with Crippen molar-refractivity contribution in [1.82, 2.24) is 10.6 Å². The van der Waals surface area contributed by atoms with Gasteiger partial charge in [0.25, 0.3) is 5.91 Å². The molecule has 0 aliphatic rings. The first-order chi connectivity index (χ1) is 10.2. The third-order valence-electron chi connectivity index (χ3n) is 2.80. The van der Waals surface area contributed by atoms with E-state index in [9.17, 15) is 9.59 Å². The molecule has 0 unspecified atom stereocenters. The van der Waals surface area contributed by atoms with Crippen LogP contribution in [0.25, 0.3) is 0 Å². The van der Waals surface area contributed by atoms with Gasteiger partial charge in [-0.2, -0.15) is 0 Å². The number of methoxy groups -OCH3 is 1. The summed E-state index contributed by atoms with van der Waals surface area (Å²) in [5.41, 5.74) is 0.388. The fraction of sp³-hybridized carbons (Fsp3) is 0.200. The predicted octanol–water partition coefficient (Wildman–Crippen LogP) is 1.33. The number of rotatable bonds is 6. The van der Waals surface area contributed by atoms with Crippen LogP contribution in [-0.4, -0.2) is 25.5 Å². The first-order valence-corrected chi connectivity index (χ1v) is 6.41. The molecule has 110 valence electrons. The summed E-state index contributed by atoms with van der Waals surface area (Å²) >= 11 is 0. The molecule has 0 radical (unpaired) electrons. The molecule has 2 aromatic rings. The summed E-state index contributed by atoms with van der Waals surface area (Å²) < 4.78 is 10.2. The molecule has 0 atom stereocenters. The predicted molar refractivity (Wildman–Crippen MR) is 75.9 cm³/mol. The van der Waals surface area contributed by atoms with E-state index < -0.39 is 0 Å². The molecule has 2 amide bonds. The maximum Gasteiger partial charge on any atom is 0.255 e. The van der Waals surface area contributed by atoms with Crippen LogP contribution in [0.4, 0.5) is 0 Å². The molecule has 1 heterocycles. The zero-order valence-electron chi connectivity index (χ0n) is 11.6. The molecular weight excluding hydrogens is 272 g/mol. The van der Waals surface area contributed by atoms with Crippen molar-refractivity contribution in [2.75, 3.05) is 13.7 Å². The quantitative estimate of drug-likeness (QED) is 0.840. The number of nitrogens with one attached hydrogen (secondary N) is 2. The van der Waals surface area contributed by atoms with Crippen LogP contribution >= 0.6 is 0 Å². The Balaban J connectivity index is 1.82. The number of amides is 2. The van der Waals surface area contributed by atoms with Gasteiger partial charge in [-0.05, 0) is 24.3 Å². The maximum absolute atomic E-state index is 12.0. The second-order valence-corrected chi connectivity index (χ2v) is 4.24. The third kappa shape index (κ3) is 4.10. The summed E-state index contributed by atoms with van der Waals surface area (Å²) in [5.74, 6) is 0.459. The molecular formula is C15H16N2O4. The minimum Gasteiger partial charge on any atom is -0.496 e. The van der Waals surface area contributed by atoms with Crippen molar-refractivity contribution in [2.24, 2.45) is 0 Å². The molecule has 1 aromatic heterocycles. The van der Waals surface area contributed by atoms with Gasteiger partial charge in [0.05, 0.1) is 32.0 Å². The van der Waals surface area contributed by atoms with E-state index in [1.807, 2.05) is 0 Å². The summed E-state index contributed by atoms with van der Waals surface area (Å²) in [6.07, 6.45) is 1.53. The summed E-state index contributed by atoms with van der Waals surface area (Å²) in [4.78, 5) is 23.6. The molecule has 0 bridgehead atoms. The second kappa shape index (κ2) is 7.14. The zero-order chi connectivity index (χ0) is 15.1. The van der Waals surface area contributed by atoms with Gasteiger partial charge in [-0.3, -0.25) is 9.59 Å². The summed E-state index contributed by atoms with van der Waals surface area (Å²) in [6.45, 7) is 0.175. The Morgan fingerprint density at radius 2 is 1.95 bits per heavy atom. The lowest BCUT2D eigenvalue weighted by atomic mass is 10.2. The van der Waals surface area contributed by atoms with Crippen LogP contribution in [-0.2, 0) is 11.3 Å². The Morgan fingerprint density at radius 1 is 1.14 bits per heavy atom. The number of carbonyl (C=O) groups is 2. The van der Waals surface area contributed by atoms with E-state index in [0.29, 0.717) is 17.1 Å². The van der Waals surface area contributed by atoms with Crippen LogP contribution in [0, 0.1) is 0 Å². The molecule has 0 fully saturated rings. The summed E-state index contributed by atoms with van der Waals surface area (Å²) in [5, 5.41) is 5.18. The number of furan rings is 1. The van der Waals surface area contributed by atoms with E-state index in [2.05, 4.69) is 10.6 Å². The lowest BCUT2D eigenvalue weighted by molar-refractivity contribution is -0.120. The number of ether oxygens (including phenoxy) is 1. The molecule has 6 heteroatoms. The smallest absolute Gasteiger partial charge is 0.255 e. The van der Waals surface area contributed by atoms with Crippen LogP contribution in [0.1, 0.15) is 16.1 Å². The Bertz CT molecular complexity index is 608. The van der Waals surface area contributed by atoms with Crippen molar-refractivity contribution in [3.63, 3.8) is 0 Å². The average molecular weight is 288 g/mol. The van der Waals surface area contributed by atoms with Crippen molar-refractivity contribution in [2.45, 2.75) is 6.54 Å². The van der Waals surface area contributed by atoms with Gasteiger partial charge in [0.2, 0.25) is 5.91 Å². The largest absolute Gasteiger partial charge is 0.496 e. The fourth-order valence-electron chi connectivity index (χ4n) is 1.75. The molecule has 2 N–H and O–H groups in total. The van der Waals surface area contributed by atoms with E-state index in [1.165, 1.54) is 13.4 Å². The second-order valence-electron chi connectivity index (χ2n) is 4.24. The topological polar surface area (TPSA) is 80.6 Å². The number of carbonyl (C=O) groups excluding carboxylic acids is 2. The van der Waals surface area contributed by atoms with Crippen molar-refractivity contribution in [3.8, 4) is 5.75 Å². The van der Waals surface area contributed by atoms with Crippen LogP contribution in [0.15, 0.2) is 47.1 Å². The van der Waals surface area contributed by atoms with Crippen molar-refractivity contribution < 1.29 is 18.7 Å². The summed E-state index contributed by atoms with van der Waals surface area (Å²) in [7, 11) is 1.49. The Hall–Kier alpha value is -2.76. The molecule has 0 saturated heterocycles. The number of benzene rings is 1. The molecule has 21 heavy (non-hydrogen) atoms. The highest BCUT2D eigenvalue weighted by molar-refractivity contribution is 5.98. The number of para-hydroxylation sites is 1. The van der Waals surface area contributed by atoms with E-state index in [0.717, 1.165) is 0 Å². The Morgan fingerprint density at radius 3 is 2.67 bits per heavy atom. The van der Waals surface area contributed by atoms with Gasteiger partial charge in [-0.25, -0.2) is 0 Å².